The molecule has 0 saturated carbocycles. The Balaban J connectivity index is 3.13. The van der Waals surface area contributed by atoms with E-state index in [4.69, 9.17) is 9.84 Å². The zero-order valence-corrected chi connectivity index (χ0v) is 21.6. The molecule has 3 unspecified atom stereocenters. The second-order valence-electron chi connectivity index (χ2n) is 8.49. The number of thioether (sulfide) groups is 1. The predicted octanol–water partition coefficient (Wildman–Crippen LogP) is 1.37. The van der Waals surface area contributed by atoms with E-state index in [0.717, 1.165) is 17.3 Å². The van der Waals surface area contributed by atoms with E-state index in [9.17, 15) is 24.0 Å². The first-order valence-electron chi connectivity index (χ1n) is 11.3. The van der Waals surface area contributed by atoms with Gasteiger partial charge in [0.2, 0.25) is 17.7 Å². The molecule has 0 aliphatic rings. The summed E-state index contributed by atoms with van der Waals surface area (Å²) in [4.78, 5) is 61.0. The third kappa shape index (κ3) is 11.3. The minimum Gasteiger partial charge on any atom is -0.497 e. The second kappa shape index (κ2) is 15.0. The van der Waals surface area contributed by atoms with Crippen molar-refractivity contribution in [3.63, 3.8) is 0 Å². The number of carboxylic acids is 1. The van der Waals surface area contributed by atoms with E-state index in [1.54, 1.807) is 31.4 Å². The van der Waals surface area contributed by atoms with Gasteiger partial charge < -0.3 is 25.8 Å². The Labute approximate surface area is 209 Å². The fourth-order valence-electron chi connectivity index (χ4n) is 3.50. The number of carbonyl (C=O) groups excluding carboxylic acids is 4. The van der Waals surface area contributed by atoms with Crippen LogP contribution in [-0.2, 0) is 30.4 Å². The summed E-state index contributed by atoms with van der Waals surface area (Å²) in [5.74, 6) is -2.65. The van der Waals surface area contributed by atoms with E-state index in [0.29, 0.717) is 12.2 Å². The number of ether oxygens (including phenoxy) is 1. The molecule has 1 rings (SSSR count). The summed E-state index contributed by atoms with van der Waals surface area (Å²) in [7, 11) is 3.02. The maximum absolute atomic E-state index is 13.4. The lowest BCUT2D eigenvalue weighted by Crippen LogP contribution is -2.50. The molecule has 194 valence electrons. The first-order chi connectivity index (χ1) is 16.5. The molecule has 0 aliphatic heterocycles. The molecule has 0 bridgehead atoms. The molecule has 10 nitrogen and oxygen atoms in total. The summed E-state index contributed by atoms with van der Waals surface area (Å²) in [6, 6.07) is 6.24. The summed E-state index contributed by atoms with van der Waals surface area (Å²) in [6.45, 7) is 4.60. The highest BCUT2D eigenvalue weighted by molar-refractivity contribution is 8.14. The van der Waals surface area contributed by atoms with E-state index in [-0.39, 0.29) is 29.8 Å². The normalized spacial score (nSPS) is 13.3. The van der Waals surface area contributed by atoms with Gasteiger partial charge in [0, 0.05) is 32.1 Å². The van der Waals surface area contributed by atoms with Crippen LogP contribution in [-0.4, -0.2) is 65.9 Å². The highest BCUT2D eigenvalue weighted by atomic mass is 32.2. The number of carboxylic acid groups (broad SMARTS) is 1. The first kappa shape index (κ1) is 30.0. The summed E-state index contributed by atoms with van der Waals surface area (Å²) >= 11 is 0.867. The van der Waals surface area contributed by atoms with Gasteiger partial charge in [-0.05, 0) is 30.0 Å². The maximum atomic E-state index is 13.4. The van der Waals surface area contributed by atoms with E-state index in [2.05, 4.69) is 16.0 Å². The Kier molecular flexibility index (Phi) is 12.9. The van der Waals surface area contributed by atoms with E-state index in [1.807, 2.05) is 13.8 Å². The third-order valence-electron chi connectivity index (χ3n) is 5.13. The van der Waals surface area contributed by atoms with Crippen LogP contribution in [0.5, 0.6) is 5.75 Å². The van der Waals surface area contributed by atoms with Gasteiger partial charge in [0.25, 0.3) is 0 Å². The molecule has 1 aromatic rings. The lowest BCUT2D eigenvalue weighted by atomic mass is 9.90. The topological polar surface area (TPSA) is 151 Å². The van der Waals surface area contributed by atoms with E-state index in [1.165, 1.54) is 14.0 Å². The largest absolute Gasteiger partial charge is 0.497 e. The van der Waals surface area contributed by atoms with Gasteiger partial charge in [-0.1, -0.05) is 37.7 Å². The Bertz CT molecular complexity index is 890. The fraction of sp³-hybridized carbons (Fsp3) is 0.542. The van der Waals surface area contributed by atoms with Crippen molar-refractivity contribution in [3.05, 3.63) is 29.8 Å². The van der Waals surface area contributed by atoms with Crippen LogP contribution in [0.3, 0.4) is 0 Å². The summed E-state index contributed by atoms with van der Waals surface area (Å²) in [5.41, 5.74) is 0.808. The fourth-order valence-corrected chi connectivity index (χ4v) is 4.56. The number of hydrogen-bond acceptors (Lipinski definition) is 7. The molecule has 0 saturated heterocycles. The number of benzene rings is 1. The Morgan fingerprint density at radius 2 is 1.69 bits per heavy atom. The Hall–Kier alpha value is -3.08. The van der Waals surface area contributed by atoms with Crippen LogP contribution < -0.4 is 20.7 Å². The van der Waals surface area contributed by atoms with Crippen LogP contribution in [0.15, 0.2) is 24.3 Å². The monoisotopic (exact) mass is 509 g/mol. The summed E-state index contributed by atoms with van der Waals surface area (Å²) in [6.07, 6.45) is 0.380. The lowest BCUT2D eigenvalue weighted by molar-refractivity contribution is -0.138. The van der Waals surface area contributed by atoms with Crippen molar-refractivity contribution in [1.82, 2.24) is 16.0 Å². The van der Waals surface area contributed by atoms with Crippen LogP contribution in [0, 0.1) is 11.8 Å². The van der Waals surface area contributed by atoms with Gasteiger partial charge in [0.15, 0.2) is 5.12 Å². The molecule has 0 heterocycles. The molecule has 0 fully saturated rings. The molecule has 0 aromatic heterocycles. The lowest BCUT2D eigenvalue weighted by Gasteiger charge is -2.28. The number of likely N-dealkylation sites (N-methyl/N-ethyl adjacent to an activating group) is 1. The first-order valence-corrected chi connectivity index (χ1v) is 12.1. The molecule has 11 heteroatoms. The number of amides is 3. The molecule has 1 aromatic carbocycles. The van der Waals surface area contributed by atoms with Gasteiger partial charge >= 0.3 is 5.97 Å². The van der Waals surface area contributed by atoms with Crippen LogP contribution >= 0.6 is 11.8 Å². The molecule has 0 radical (unpaired) electrons. The van der Waals surface area contributed by atoms with Crippen molar-refractivity contribution in [2.45, 2.75) is 51.3 Å². The maximum Gasteiger partial charge on any atom is 0.322 e. The average Bonchev–Trinajstić information content (AvgIpc) is 2.79. The third-order valence-corrected chi connectivity index (χ3v) is 6.26. The van der Waals surface area contributed by atoms with Crippen LogP contribution in [0.4, 0.5) is 0 Å². The summed E-state index contributed by atoms with van der Waals surface area (Å²) < 4.78 is 5.15. The molecule has 3 atom stereocenters. The number of hydrogen-bond donors (Lipinski definition) is 4. The number of methoxy groups -OCH3 is 1. The number of nitrogens with one attached hydrogen (secondary N) is 3. The molecule has 0 spiro atoms. The van der Waals surface area contributed by atoms with Gasteiger partial charge in [-0.3, -0.25) is 24.0 Å². The summed E-state index contributed by atoms with van der Waals surface area (Å²) in [5, 5.41) is 15.4. The van der Waals surface area contributed by atoms with E-state index >= 15 is 0 Å². The van der Waals surface area contributed by atoms with Crippen molar-refractivity contribution < 1.29 is 33.8 Å². The van der Waals surface area contributed by atoms with Crippen molar-refractivity contribution in [1.29, 1.82) is 0 Å². The number of rotatable bonds is 14. The van der Waals surface area contributed by atoms with Crippen molar-refractivity contribution in [3.8, 4) is 5.75 Å². The van der Waals surface area contributed by atoms with Gasteiger partial charge in [0.05, 0.1) is 13.0 Å². The number of aliphatic carboxylic acids is 1. The zero-order valence-electron chi connectivity index (χ0n) is 20.8. The highest BCUT2D eigenvalue weighted by Crippen LogP contribution is 2.29. The van der Waals surface area contributed by atoms with Crippen molar-refractivity contribution in [2.75, 3.05) is 20.7 Å². The van der Waals surface area contributed by atoms with Gasteiger partial charge in [-0.25, -0.2) is 0 Å². The van der Waals surface area contributed by atoms with Gasteiger partial charge in [-0.15, -0.1) is 0 Å². The van der Waals surface area contributed by atoms with Crippen molar-refractivity contribution >= 4 is 40.6 Å². The predicted molar refractivity (Wildman–Crippen MR) is 133 cm³/mol. The molecular formula is C24H35N3O7S. The molecule has 3 amide bonds. The van der Waals surface area contributed by atoms with Gasteiger partial charge in [0.1, 0.15) is 18.3 Å². The molecule has 4 N–H and O–H groups in total. The molecule has 0 aliphatic carbocycles. The second-order valence-corrected chi connectivity index (χ2v) is 9.90. The van der Waals surface area contributed by atoms with Crippen LogP contribution in [0.2, 0.25) is 0 Å². The van der Waals surface area contributed by atoms with Crippen molar-refractivity contribution in [2.24, 2.45) is 11.8 Å². The minimum absolute atomic E-state index is 0.0583. The SMILES string of the molecule is CNC(=O)C(Cc1ccc(OC)cc1)NC(=O)C(CC(C)C)C(CC(=O)NCC(=O)O)SC(C)=O. The van der Waals surface area contributed by atoms with Gasteiger partial charge in [-0.2, -0.15) is 0 Å². The average molecular weight is 510 g/mol. The Morgan fingerprint density at radius 1 is 1.06 bits per heavy atom. The highest BCUT2D eigenvalue weighted by Gasteiger charge is 2.34. The Morgan fingerprint density at radius 3 is 2.17 bits per heavy atom. The van der Waals surface area contributed by atoms with E-state index < -0.39 is 41.5 Å². The molecule has 35 heavy (non-hydrogen) atoms. The number of carbonyl (C=O) groups is 5. The smallest absolute Gasteiger partial charge is 0.322 e. The standard InChI is InChI=1S/C24H35N3O7S/c1-14(2)10-18(20(35-15(3)28)12-21(29)26-13-22(30)31)23(32)27-19(24(33)25-4)11-16-6-8-17(34-5)9-7-16/h6-9,14,18-20H,10-13H2,1-5H3,(H,25,33)(H,26,29)(H,27,32)(H,30,31). The quantitative estimate of drug-likeness (QED) is 0.294. The van der Waals surface area contributed by atoms with Crippen LogP contribution in [0.25, 0.3) is 0 Å². The molecular weight excluding hydrogens is 474 g/mol. The zero-order chi connectivity index (χ0) is 26.5. The minimum atomic E-state index is -1.20. The van der Waals surface area contributed by atoms with Crippen LogP contribution in [0.1, 0.15) is 39.2 Å².